The van der Waals surface area contributed by atoms with E-state index in [1.54, 1.807) is 17.4 Å². The van der Waals surface area contributed by atoms with E-state index in [4.69, 9.17) is 29.7 Å². The Labute approximate surface area is 338 Å². The molecule has 0 saturated carbocycles. The number of hydrogen-bond donors (Lipinski definition) is 0. The van der Waals surface area contributed by atoms with Gasteiger partial charge in [0.2, 0.25) is 0 Å². The molecule has 10 aromatic rings. The van der Waals surface area contributed by atoms with Gasteiger partial charge in [0.1, 0.15) is 11.5 Å². The van der Waals surface area contributed by atoms with Crippen molar-refractivity contribution in [3.8, 4) is 85.5 Å². The van der Waals surface area contributed by atoms with E-state index in [2.05, 4.69) is 42.5 Å². The van der Waals surface area contributed by atoms with E-state index >= 15 is 0 Å². The Hall–Kier alpha value is -7.86. The third kappa shape index (κ3) is 6.83. The van der Waals surface area contributed by atoms with Gasteiger partial charge in [0.05, 0.1) is 27.5 Å². The van der Waals surface area contributed by atoms with Crippen molar-refractivity contribution in [2.45, 2.75) is 0 Å². The van der Waals surface area contributed by atoms with Crippen LogP contribution in [0.5, 0.6) is 11.5 Å². The van der Waals surface area contributed by atoms with E-state index in [0.717, 1.165) is 60.2 Å². The van der Waals surface area contributed by atoms with Gasteiger partial charge in [0, 0.05) is 37.9 Å². The minimum atomic E-state index is 0.526. The predicted molar refractivity (Wildman–Crippen MR) is 232 cm³/mol. The molecule has 0 radical (unpaired) electrons. The number of ether oxygens (including phenoxy) is 1. The number of aromatic nitrogens is 5. The highest BCUT2D eigenvalue weighted by molar-refractivity contribution is 7.26. The third-order valence-corrected chi connectivity index (χ3v) is 11.0. The molecule has 8 heteroatoms. The van der Waals surface area contributed by atoms with Crippen molar-refractivity contribution in [1.29, 1.82) is 5.26 Å². The summed E-state index contributed by atoms with van der Waals surface area (Å²) < 4.78 is 8.67. The van der Waals surface area contributed by atoms with Gasteiger partial charge in [-0.25, -0.2) is 24.9 Å². The number of nitrogens with zero attached hydrogens (tertiary/aromatic N) is 6. The molecule has 7 aromatic carbocycles. The first-order valence-electron chi connectivity index (χ1n) is 18.7. The summed E-state index contributed by atoms with van der Waals surface area (Å²) in [5.74, 6) is 3.62. The molecule has 272 valence electrons. The summed E-state index contributed by atoms with van der Waals surface area (Å²) in [4.78, 5) is 25.0. The van der Waals surface area contributed by atoms with Crippen molar-refractivity contribution in [1.82, 2.24) is 24.9 Å². The molecule has 0 fully saturated rings. The second kappa shape index (κ2) is 15.0. The summed E-state index contributed by atoms with van der Waals surface area (Å²) >= 11 is 1.72. The SMILES string of the molecule is N#Cc1cccc(-c2ccc(-c3nc(-c4ccccc4)nc(-c4cccc(Oc5ccc(-c6nc(-c7ccccc7)c7sc8ccccc8c7n6)cc5)c4)n3)cc2)c1. The lowest BCUT2D eigenvalue weighted by Gasteiger charge is -2.11. The second-order valence-electron chi connectivity index (χ2n) is 13.6. The number of nitriles is 1. The first-order valence-corrected chi connectivity index (χ1v) is 19.5. The van der Waals surface area contributed by atoms with Crippen molar-refractivity contribution in [3.05, 3.63) is 188 Å². The zero-order chi connectivity index (χ0) is 38.8. The number of thiophene rings is 1. The average Bonchev–Trinajstić information content (AvgIpc) is 3.68. The molecule has 0 aliphatic carbocycles. The van der Waals surface area contributed by atoms with Gasteiger partial charge in [0.25, 0.3) is 0 Å². The molecular weight excluding hydrogens is 733 g/mol. The third-order valence-electron chi connectivity index (χ3n) is 9.84. The van der Waals surface area contributed by atoms with Crippen LogP contribution in [-0.2, 0) is 0 Å². The molecule has 0 saturated heterocycles. The van der Waals surface area contributed by atoms with Crippen LogP contribution in [0.4, 0.5) is 0 Å². The maximum Gasteiger partial charge on any atom is 0.164 e. The molecular formula is C50H30N6OS. The van der Waals surface area contributed by atoms with Crippen LogP contribution >= 0.6 is 11.3 Å². The van der Waals surface area contributed by atoms with Crippen molar-refractivity contribution >= 4 is 31.6 Å². The Kier molecular flexibility index (Phi) is 8.95. The van der Waals surface area contributed by atoms with Crippen molar-refractivity contribution in [2.75, 3.05) is 0 Å². The lowest BCUT2D eigenvalue weighted by Crippen LogP contribution is -2.00. The summed E-state index contributed by atoms with van der Waals surface area (Å²) in [6.45, 7) is 0. The molecule has 3 heterocycles. The summed E-state index contributed by atoms with van der Waals surface area (Å²) in [5, 5.41) is 10.5. The second-order valence-corrected chi connectivity index (χ2v) is 14.7. The van der Waals surface area contributed by atoms with Gasteiger partial charge in [-0.05, 0) is 65.7 Å². The molecule has 0 spiro atoms. The Morgan fingerprint density at radius 3 is 1.69 bits per heavy atom. The fourth-order valence-corrected chi connectivity index (χ4v) is 8.10. The quantitative estimate of drug-likeness (QED) is 0.152. The van der Waals surface area contributed by atoms with Crippen molar-refractivity contribution in [3.63, 3.8) is 0 Å². The number of fused-ring (bicyclic) bond motifs is 3. The van der Waals surface area contributed by atoms with E-state index in [9.17, 15) is 5.26 Å². The first-order chi connectivity index (χ1) is 28.6. The molecule has 0 atom stereocenters. The minimum absolute atomic E-state index is 0.526. The van der Waals surface area contributed by atoms with Gasteiger partial charge in [-0.2, -0.15) is 5.26 Å². The van der Waals surface area contributed by atoms with Crippen LogP contribution in [0.3, 0.4) is 0 Å². The highest BCUT2D eigenvalue weighted by atomic mass is 32.1. The molecule has 0 unspecified atom stereocenters. The van der Waals surface area contributed by atoms with Gasteiger partial charge in [0.15, 0.2) is 23.3 Å². The molecule has 0 aliphatic rings. The summed E-state index contributed by atoms with van der Waals surface area (Å²) in [6.07, 6.45) is 0. The highest BCUT2D eigenvalue weighted by Gasteiger charge is 2.17. The first kappa shape index (κ1) is 34.6. The van der Waals surface area contributed by atoms with Crippen LogP contribution in [0.2, 0.25) is 0 Å². The maximum atomic E-state index is 9.38. The fourth-order valence-electron chi connectivity index (χ4n) is 6.95. The molecule has 0 amide bonds. The average molecular weight is 763 g/mol. The fraction of sp³-hybridized carbons (Fsp3) is 0. The van der Waals surface area contributed by atoms with Gasteiger partial charge in [-0.1, -0.05) is 127 Å². The number of benzene rings is 7. The van der Waals surface area contributed by atoms with Crippen LogP contribution in [0.25, 0.3) is 88.2 Å². The van der Waals surface area contributed by atoms with E-state index in [1.807, 2.05) is 140 Å². The Balaban J connectivity index is 0.960. The lowest BCUT2D eigenvalue weighted by molar-refractivity contribution is 0.483. The molecule has 3 aromatic heterocycles. The molecule has 7 nitrogen and oxygen atoms in total. The summed E-state index contributed by atoms with van der Waals surface area (Å²) in [5.41, 5.74) is 8.94. The van der Waals surface area contributed by atoms with Gasteiger partial charge in [-0.15, -0.1) is 11.3 Å². The zero-order valence-electron chi connectivity index (χ0n) is 30.8. The lowest BCUT2D eigenvalue weighted by atomic mass is 10.0. The molecule has 10 rings (SSSR count). The Morgan fingerprint density at radius 1 is 0.414 bits per heavy atom. The summed E-state index contributed by atoms with van der Waals surface area (Å²) in [6, 6.07) is 62.1. The van der Waals surface area contributed by atoms with Crippen molar-refractivity contribution < 1.29 is 4.74 Å². The standard InChI is InChI=1S/C50H30N6OS/c51-31-32-11-9-16-38(29-32)33-21-23-36(24-22-33)49-54-48(35-14-5-2-6-15-35)55-50(56-49)39-17-10-18-41(30-39)57-40-27-25-37(26-28-40)47-52-44(34-12-3-1-4-13-34)46-45(53-47)42-19-7-8-20-43(42)58-46/h1-30H. The monoisotopic (exact) mass is 762 g/mol. The number of rotatable bonds is 8. The Bertz CT molecular complexity index is 3140. The van der Waals surface area contributed by atoms with Crippen LogP contribution in [0.15, 0.2) is 182 Å². The van der Waals surface area contributed by atoms with Crippen LogP contribution in [0, 0.1) is 11.3 Å². The molecule has 0 bridgehead atoms. The van der Waals surface area contributed by atoms with E-state index in [-0.39, 0.29) is 0 Å². The molecule has 0 aliphatic heterocycles. The van der Waals surface area contributed by atoms with E-state index < -0.39 is 0 Å². The van der Waals surface area contributed by atoms with E-state index in [0.29, 0.717) is 40.4 Å². The van der Waals surface area contributed by atoms with Gasteiger partial charge >= 0.3 is 0 Å². The maximum absolute atomic E-state index is 9.38. The van der Waals surface area contributed by atoms with Crippen molar-refractivity contribution in [2.24, 2.45) is 0 Å². The number of hydrogen-bond acceptors (Lipinski definition) is 8. The topological polar surface area (TPSA) is 97.5 Å². The predicted octanol–water partition coefficient (Wildman–Crippen LogP) is 12.7. The van der Waals surface area contributed by atoms with Gasteiger partial charge < -0.3 is 4.74 Å². The normalized spacial score (nSPS) is 11.1. The molecule has 0 N–H and O–H groups in total. The minimum Gasteiger partial charge on any atom is -0.457 e. The van der Waals surface area contributed by atoms with Crippen LogP contribution < -0.4 is 4.74 Å². The van der Waals surface area contributed by atoms with Crippen LogP contribution in [0.1, 0.15) is 5.56 Å². The van der Waals surface area contributed by atoms with Gasteiger partial charge in [-0.3, -0.25) is 0 Å². The Morgan fingerprint density at radius 2 is 0.966 bits per heavy atom. The largest absolute Gasteiger partial charge is 0.457 e. The highest BCUT2D eigenvalue weighted by Crippen LogP contribution is 2.39. The van der Waals surface area contributed by atoms with Crippen LogP contribution in [-0.4, -0.2) is 24.9 Å². The smallest absolute Gasteiger partial charge is 0.164 e. The zero-order valence-corrected chi connectivity index (χ0v) is 31.6. The summed E-state index contributed by atoms with van der Waals surface area (Å²) in [7, 11) is 0. The van der Waals surface area contributed by atoms with E-state index in [1.165, 1.54) is 4.70 Å². The molecule has 58 heavy (non-hydrogen) atoms.